The van der Waals surface area contributed by atoms with Crippen LogP contribution in [0.15, 0.2) is 0 Å². The molecule has 98 valence electrons. The Labute approximate surface area is 106 Å². The van der Waals surface area contributed by atoms with Gasteiger partial charge in [0.2, 0.25) is 0 Å². The van der Waals surface area contributed by atoms with Gasteiger partial charge in [-0.15, -0.1) is 0 Å². The summed E-state index contributed by atoms with van der Waals surface area (Å²) >= 11 is 0. The zero-order chi connectivity index (χ0) is 11.7. The maximum absolute atomic E-state index is 3.72. The third kappa shape index (κ3) is 2.85. The molecule has 0 heterocycles. The standard InChI is InChI=1S/C15H28N2/c1-17(14-5-3-2-4-6-14)15-10-7-12(15)11-16-13-8-9-13/h12-16H,2-11H2,1H3. The highest BCUT2D eigenvalue weighted by Gasteiger charge is 2.37. The summed E-state index contributed by atoms with van der Waals surface area (Å²) < 4.78 is 0. The van der Waals surface area contributed by atoms with Gasteiger partial charge >= 0.3 is 0 Å². The molecule has 2 nitrogen and oxygen atoms in total. The molecule has 1 N–H and O–H groups in total. The lowest BCUT2D eigenvalue weighted by Crippen LogP contribution is -2.53. The van der Waals surface area contributed by atoms with E-state index in [1.807, 2.05) is 0 Å². The first-order valence-electron chi connectivity index (χ1n) is 7.80. The fourth-order valence-corrected chi connectivity index (χ4v) is 3.69. The second kappa shape index (κ2) is 5.27. The fraction of sp³-hybridized carbons (Fsp3) is 1.00. The van der Waals surface area contributed by atoms with Crippen LogP contribution in [-0.2, 0) is 0 Å². The molecule has 3 aliphatic carbocycles. The molecule has 0 spiro atoms. The van der Waals surface area contributed by atoms with Crippen LogP contribution in [0.4, 0.5) is 0 Å². The van der Waals surface area contributed by atoms with Crippen LogP contribution in [0.25, 0.3) is 0 Å². The third-order valence-corrected chi connectivity index (χ3v) is 5.30. The minimum absolute atomic E-state index is 0.885. The van der Waals surface area contributed by atoms with Crippen LogP contribution >= 0.6 is 0 Å². The first-order valence-corrected chi connectivity index (χ1v) is 7.80. The zero-order valence-corrected chi connectivity index (χ0v) is 11.3. The lowest BCUT2D eigenvalue weighted by atomic mass is 9.77. The Morgan fingerprint density at radius 1 is 0.941 bits per heavy atom. The molecule has 3 saturated carbocycles. The van der Waals surface area contributed by atoms with Crippen molar-refractivity contribution in [2.75, 3.05) is 13.6 Å². The minimum Gasteiger partial charge on any atom is -0.314 e. The van der Waals surface area contributed by atoms with E-state index in [-0.39, 0.29) is 0 Å². The molecule has 0 aromatic heterocycles. The van der Waals surface area contributed by atoms with Crippen molar-refractivity contribution in [2.24, 2.45) is 5.92 Å². The summed E-state index contributed by atoms with van der Waals surface area (Å²) in [5, 5.41) is 3.72. The third-order valence-electron chi connectivity index (χ3n) is 5.30. The molecule has 2 unspecified atom stereocenters. The highest BCUT2D eigenvalue weighted by molar-refractivity contribution is 4.93. The Hall–Kier alpha value is -0.0800. The van der Waals surface area contributed by atoms with Crippen LogP contribution in [0.5, 0.6) is 0 Å². The molecule has 3 fully saturated rings. The average Bonchev–Trinajstić information content (AvgIpc) is 3.13. The lowest BCUT2D eigenvalue weighted by molar-refractivity contribution is 0.0361. The van der Waals surface area contributed by atoms with E-state index >= 15 is 0 Å². The van der Waals surface area contributed by atoms with Crippen LogP contribution in [0.3, 0.4) is 0 Å². The van der Waals surface area contributed by atoms with Gasteiger partial charge in [0.25, 0.3) is 0 Å². The van der Waals surface area contributed by atoms with Gasteiger partial charge in [-0.05, 0) is 58.0 Å². The van der Waals surface area contributed by atoms with Crippen molar-refractivity contribution in [1.29, 1.82) is 0 Å². The van der Waals surface area contributed by atoms with Crippen molar-refractivity contribution >= 4 is 0 Å². The van der Waals surface area contributed by atoms with Crippen molar-refractivity contribution in [1.82, 2.24) is 10.2 Å². The van der Waals surface area contributed by atoms with Crippen molar-refractivity contribution in [3.05, 3.63) is 0 Å². The monoisotopic (exact) mass is 236 g/mol. The second-order valence-corrected chi connectivity index (χ2v) is 6.54. The minimum atomic E-state index is 0.885. The molecule has 0 radical (unpaired) electrons. The summed E-state index contributed by atoms with van der Waals surface area (Å²) in [5.41, 5.74) is 0. The molecule has 17 heavy (non-hydrogen) atoms. The Bertz CT molecular complexity index is 243. The van der Waals surface area contributed by atoms with Crippen LogP contribution < -0.4 is 5.32 Å². The molecule has 3 rings (SSSR count). The molecule has 0 aliphatic heterocycles. The summed E-state index contributed by atoms with van der Waals surface area (Å²) in [4.78, 5) is 2.74. The second-order valence-electron chi connectivity index (χ2n) is 6.54. The molecule has 0 saturated heterocycles. The summed E-state index contributed by atoms with van der Waals surface area (Å²) in [5.74, 6) is 0.947. The van der Waals surface area contributed by atoms with E-state index in [9.17, 15) is 0 Å². The average molecular weight is 236 g/mol. The Balaban J connectivity index is 1.45. The van der Waals surface area contributed by atoms with Crippen molar-refractivity contribution in [2.45, 2.75) is 75.9 Å². The fourth-order valence-electron chi connectivity index (χ4n) is 3.69. The van der Waals surface area contributed by atoms with Gasteiger partial charge in [0.05, 0.1) is 0 Å². The summed E-state index contributed by atoms with van der Waals surface area (Å²) in [6.45, 7) is 1.28. The largest absolute Gasteiger partial charge is 0.314 e. The summed E-state index contributed by atoms with van der Waals surface area (Å²) in [7, 11) is 2.39. The van der Waals surface area contributed by atoms with E-state index in [1.165, 1.54) is 64.3 Å². The van der Waals surface area contributed by atoms with Crippen LogP contribution in [-0.4, -0.2) is 36.6 Å². The molecule has 2 heteroatoms. The van der Waals surface area contributed by atoms with Gasteiger partial charge < -0.3 is 10.2 Å². The van der Waals surface area contributed by atoms with E-state index in [0.29, 0.717) is 0 Å². The molecule has 0 bridgehead atoms. The van der Waals surface area contributed by atoms with Crippen LogP contribution in [0, 0.1) is 5.92 Å². The molecular formula is C15H28N2. The van der Waals surface area contributed by atoms with Gasteiger partial charge in [-0.2, -0.15) is 0 Å². The van der Waals surface area contributed by atoms with Crippen molar-refractivity contribution in [3.8, 4) is 0 Å². The smallest absolute Gasteiger partial charge is 0.0136 e. The van der Waals surface area contributed by atoms with Gasteiger partial charge in [0, 0.05) is 18.1 Å². The van der Waals surface area contributed by atoms with Gasteiger partial charge in [0.15, 0.2) is 0 Å². The van der Waals surface area contributed by atoms with E-state index in [4.69, 9.17) is 0 Å². The topological polar surface area (TPSA) is 15.3 Å². The molecule has 0 aromatic carbocycles. The first-order chi connectivity index (χ1) is 8.34. The highest BCUT2D eigenvalue weighted by Crippen LogP contribution is 2.35. The lowest BCUT2D eigenvalue weighted by Gasteiger charge is -2.47. The highest BCUT2D eigenvalue weighted by atomic mass is 15.2. The van der Waals surface area contributed by atoms with Gasteiger partial charge in [-0.1, -0.05) is 19.3 Å². The van der Waals surface area contributed by atoms with E-state index < -0.39 is 0 Å². The van der Waals surface area contributed by atoms with E-state index in [0.717, 1.165) is 24.0 Å². The number of rotatable bonds is 5. The van der Waals surface area contributed by atoms with Crippen molar-refractivity contribution < 1.29 is 0 Å². The maximum atomic E-state index is 3.72. The predicted octanol–water partition coefficient (Wildman–Crippen LogP) is 2.78. The van der Waals surface area contributed by atoms with Gasteiger partial charge in [0.1, 0.15) is 0 Å². The van der Waals surface area contributed by atoms with Gasteiger partial charge in [-0.3, -0.25) is 0 Å². The van der Waals surface area contributed by atoms with E-state index in [1.54, 1.807) is 0 Å². The molecular weight excluding hydrogens is 208 g/mol. The summed E-state index contributed by atoms with van der Waals surface area (Å²) in [6.07, 6.45) is 13.1. The van der Waals surface area contributed by atoms with Crippen molar-refractivity contribution in [3.63, 3.8) is 0 Å². The zero-order valence-electron chi connectivity index (χ0n) is 11.3. The number of hydrogen-bond donors (Lipinski definition) is 1. The predicted molar refractivity (Wildman–Crippen MR) is 72.2 cm³/mol. The number of nitrogens with one attached hydrogen (secondary N) is 1. The van der Waals surface area contributed by atoms with Crippen LogP contribution in [0.2, 0.25) is 0 Å². The Kier molecular flexibility index (Phi) is 3.72. The Morgan fingerprint density at radius 2 is 1.71 bits per heavy atom. The van der Waals surface area contributed by atoms with E-state index in [2.05, 4.69) is 17.3 Å². The molecule has 3 aliphatic rings. The normalized spacial score (nSPS) is 34.9. The SMILES string of the molecule is CN(C1CCCCC1)C1CCC1CNC1CC1. The summed E-state index contributed by atoms with van der Waals surface area (Å²) in [6, 6.07) is 2.68. The maximum Gasteiger partial charge on any atom is 0.0136 e. The first kappa shape index (κ1) is 12.0. The molecule has 2 atom stereocenters. The van der Waals surface area contributed by atoms with Gasteiger partial charge in [-0.25, -0.2) is 0 Å². The molecule has 0 aromatic rings. The number of nitrogens with zero attached hydrogens (tertiary/aromatic N) is 1. The Morgan fingerprint density at radius 3 is 2.29 bits per heavy atom. The number of hydrogen-bond acceptors (Lipinski definition) is 2. The van der Waals surface area contributed by atoms with Crippen LogP contribution in [0.1, 0.15) is 57.8 Å². The quantitative estimate of drug-likeness (QED) is 0.789. The molecule has 0 amide bonds.